The van der Waals surface area contributed by atoms with Gasteiger partial charge in [0.1, 0.15) is 16.8 Å². The van der Waals surface area contributed by atoms with Gasteiger partial charge in [0.25, 0.3) is 0 Å². The molecule has 42 heavy (non-hydrogen) atoms. The SMILES string of the molecule is CCN1C[C@]2(OC(=O)c3ccccc3NC(C)=O)CC[C@H](OC)C34[C@@H]1[C@@H](C[C@H]32)[C@@]1(O)C[C@H](OC)[C@@H]2C[C@H]4[C@]1(O)[C@@H]2OC. The minimum Gasteiger partial charge on any atom is -0.454 e. The number of methoxy groups -OCH3 is 3. The van der Waals surface area contributed by atoms with Crippen LogP contribution in [0.3, 0.4) is 0 Å². The molecular formula is C32H44N2O8. The maximum atomic E-state index is 14.0. The van der Waals surface area contributed by atoms with Crippen molar-refractivity contribution in [2.75, 3.05) is 39.7 Å². The standard InChI is InChI=1S/C32H44N2O8/c1-6-34-16-29(42-28(36)18-9-7-8-10-21(18)33-17(2)35)12-11-25(40-4)31-23(29)14-20(26(31)34)30(37)15-22(39-3)19-13-24(31)32(30,38)27(19)41-5/h7-10,19-20,22-27,37-38H,6,11-16H2,1-5H3,(H,33,35)/t19-,20+,22-,23-,24+,25-,26-,27+,29+,30-,31?,32-/m0/s1. The Morgan fingerprint density at radius 1 is 1.07 bits per heavy atom. The highest BCUT2D eigenvalue weighted by Gasteiger charge is 2.89. The number of likely N-dealkylation sites (N-methyl/N-ethyl adjacent to an activating group) is 1. The number of piperidine rings is 1. The number of benzene rings is 1. The van der Waals surface area contributed by atoms with Crippen LogP contribution in [0.2, 0.25) is 0 Å². The molecule has 1 unspecified atom stereocenters. The molecule has 0 radical (unpaired) electrons. The third-order valence-electron chi connectivity index (χ3n) is 12.6. The van der Waals surface area contributed by atoms with Gasteiger partial charge in [0.05, 0.1) is 29.6 Å². The zero-order valence-corrected chi connectivity index (χ0v) is 25.2. The molecule has 1 aromatic rings. The van der Waals surface area contributed by atoms with Crippen molar-refractivity contribution in [3.05, 3.63) is 29.8 Å². The van der Waals surface area contributed by atoms with Gasteiger partial charge in [-0.05, 0) is 44.4 Å². The van der Waals surface area contributed by atoms with E-state index in [0.29, 0.717) is 56.4 Å². The first kappa shape index (κ1) is 28.7. The van der Waals surface area contributed by atoms with Gasteiger partial charge < -0.3 is 34.5 Å². The van der Waals surface area contributed by atoms with E-state index < -0.39 is 34.3 Å². The van der Waals surface area contributed by atoms with Gasteiger partial charge in [-0.3, -0.25) is 9.69 Å². The Morgan fingerprint density at radius 2 is 1.83 bits per heavy atom. The molecule has 7 bridgehead atoms. The highest BCUT2D eigenvalue weighted by molar-refractivity contribution is 6.00. The second-order valence-corrected chi connectivity index (χ2v) is 13.7. The Hall–Kier alpha value is -2.08. The van der Waals surface area contributed by atoms with Crippen LogP contribution < -0.4 is 5.32 Å². The number of nitrogens with zero attached hydrogens (tertiary/aromatic N) is 1. The topological polar surface area (TPSA) is 127 Å². The van der Waals surface area contributed by atoms with Gasteiger partial charge in [0.15, 0.2) is 0 Å². The number of rotatable bonds is 7. The van der Waals surface area contributed by atoms with Crippen LogP contribution in [0.1, 0.15) is 56.3 Å². The van der Waals surface area contributed by atoms with Crippen LogP contribution in [0.15, 0.2) is 24.3 Å². The minimum absolute atomic E-state index is 0.0432. The number of hydrogen-bond donors (Lipinski definition) is 3. The summed E-state index contributed by atoms with van der Waals surface area (Å²) in [5, 5.41) is 28.4. The molecule has 1 heterocycles. The van der Waals surface area contributed by atoms with Crippen molar-refractivity contribution >= 4 is 17.6 Å². The molecular weight excluding hydrogens is 540 g/mol. The fraction of sp³-hybridized carbons (Fsp3) is 0.750. The molecule has 5 aliphatic carbocycles. The summed E-state index contributed by atoms with van der Waals surface area (Å²) in [6.07, 6.45) is 1.91. The van der Waals surface area contributed by atoms with Gasteiger partial charge in [0.2, 0.25) is 5.91 Å². The van der Waals surface area contributed by atoms with Crippen LogP contribution in [0.4, 0.5) is 5.69 Å². The van der Waals surface area contributed by atoms with E-state index in [1.54, 1.807) is 45.6 Å². The van der Waals surface area contributed by atoms with Crippen molar-refractivity contribution < 1.29 is 38.7 Å². The first-order valence-corrected chi connectivity index (χ1v) is 15.4. The molecule has 10 heteroatoms. The number of carbonyl (C=O) groups excluding carboxylic acids is 2. The summed E-state index contributed by atoms with van der Waals surface area (Å²) < 4.78 is 25.1. The Bertz CT molecular complexity index is 1290. The van der Waals surface area contributed by atoms with Gasteiger partial charge in [-0.2, -0.15) is 0 Å². The number of nitrogens with one attached hydrogen (secondary N) is 1. The summed E-state index contributed by atoms with van der Waals surface area (Å²) in [6, 6.07) is 6.89. The van der Waals surface area contributed by atoms with E-state index in [0.717, 1.165) is 0 Å². The number of hydrogen-bond acceptors (Lipinski definition) is 9. The molecule has 7 rings (SSSR count). The smallest absolute Gasteiger partial charge is 0.340 e. The van der Waals surface area contributed by atoms with E-state index in [2.05, 4.69) is 17.1 Å². The number of anilines is 1. The maximum absolute atomic E-state index is 14.0. The quantitative estimate of drug-likeness (QED) is 0.414. The fourth-order valence-corrected chi connectivity index (χ4v) is 11.6. The molecule has 0 aromatic heterocycles. The van der Waals surface area contributed by atoms with Gasteiger partial charge in [-0.15, -0.1) is 0 Å². The van der Waals surface area contributed by atoms with E-state index in [4.69, 9.17) is 18.9 Å². The zero-order chi connectivity index (χ0) is 29.8. The van der Waals surface area contributed by atoms with Gasteiger partial charge in [0, 0.05) is 76.3 Å². The molecule has 1 amide bonds. The first-order chi connectivity index (χ1) is 20.1. The lowest BCUT2D eigenvalue weighted by atomic mass is 9.44. The van der Waals surface area contributed by atoms with E-state index in [1.165, 1.54) is 6.92 Å². The number of fused-ring (bicyclic) bond motifs is 2. The highest BCUT2D eigenvalue weighted by atomic mass is 16.6. The van der Waals surface area contributed by atoms with Crippen molar-refractivity contribution in [3.63, 3.8) is 0 Å². The molecule has 12 atom stereocenters. The third-order valence-corrected chi connectivity index (χ3v) is 12.6. The Labute approximate surface area is 247 Å². The summed E-state index contributed by atoms with van der Waals surface area (Å²) >= 11 is 0. The van der Waals surface area contributed by atoms with E-state index in [9.17, 15) is 19.8 Å². The van der Waals surface area contributed by atoms with Crippen molar-refractivity contribution in [3.8, 4) is 0 Å². The lowest BCUT2D eigenvalue weighted by Crippen LogP contribution is -2.83. The molecule has 1 aliphatic heterocycles. The monoisotopic (exact) mass is 584 g/mol. The van der Waals surface area contributed by atoms with Crippen molar-refractivity contribution in [1.82, 2.24) is 4.90 Å². The zero-order valence-electron chi connectivity index (χ0n) is 25.2. The fourth-order valence-electron chi connectivity index (χ4n) is 11.6. The third kappa shape index (κ3) is 3.21. The number of likely N-dealkylation sites (tertiary alicyclic amines) is 1. The summed E-state index contributed by atoms with van der Waals surface area (Å²) in [5.41, 5.74) is -3.57. The Morgan fingerprint density at radius 3 is 2.50 bits per heavy atom. The van der Waals surface area contributed by atoms with E-state index in [-0.39, 0.29) is 47.8 Å². The number of ether oxygens (including phenoxy) is 4. The molecule has 1 spiro atoms. The minimum atomic E-state index is -1.48. The molecule has 1 aromatic carbocycles. The number of carbonyl (C=O) groups is 2. The van der Waals surface area contributed by atoms with Crippen molar-refractivity contribution in [2.45, 2.75) is 87.1 Å². The van der Waals surface area contributed by atoms with Crippen LogP contribution in [0.5, 0.6) is 0 Å². The van der Waals surface area contributed by atoms with Gasteiger partial charge in [-0.1, -0.05) is 19.1 Å². The number of esters is 1. The predicted octanol–water partition coefficient (Wildman–Crippen LogP) is 2.22. The summed E-state index contributed by atoms with van der Waals surface area (Å²) in [7, 11) is 5.05. The van der Waals surface area contributed by atoms with Gasteiger partial charge in [-0.25, -0.2) is 4.79 Å². The first-order valence-electron chi connectivity index (χ1n) is 15.4. The second kappa shape index (κ2) is 9.46. The molecule has 1 saturated heterocycles. The highest BCUT2D eigenvalue weighted by Crippen LogP contribution is 2.79. The van der Waals surface area contributed by atoms with E-state index in [1.807, 2.05) is 0 Å². The van der Waals surface area contributed by atoms with Crippen LogP contribution in [-0.4, -0.2) is 103 Å². The summed E-state index contributed by atoms with van der Waals surface area (Å²) in [5.74, 6) is -1.54. The van der Waals surface area contributed by atoms with Crippen LogP contribution in [0, 0.1) is 29.1 Å². The van der Waals surface area contributed by atoms with E-state index >= 15 is 0 Å². The van der Waals surface area contributed by atoms with Crippen LogP contribution >= 0.6 is 0 Å². The van der Waals surface area contributed by atoms with Crippen LogP contribution in [0.25, 0.3) is 0 Å². The largest absolute Gasteiger partial charge is 0.454 e. The van der Waals surface area contributed by atoms with Crippen molar-refractivity contribution in [1.29, 1.82) is 0 Å². The number of aliphatic hydroxyl groups is 2. The Balaban J connectivity index is 1.38. The molecule has 6 fully saturated rings. The lowest BCUT2D eigenvalue weighted by molar-refractivity contribution is -0.337. The molecule has 3 N–H and O–H groups in total. The average molecular weight is 585 g/mol. The maximum Gasteiger partial charge on any atom is 0.340 e. The predicted molar refractivity (Wildman–Crippen MR) is 152 cm³/mol. The molecule has 10 nitrogen and oxygen atoms in total. The summed E-state index contributed by atoms with van der Waals surface area (Å²) in [6.45, 7) is 4.79. The van der Waals surface area contributed by atoms with Gasteiger partial charge >= 0.3 is 5.97 Å². The van der Waals surface area contributed by atoms with Crippen LogP contribution in [-0.2, 0) is 23.7 Å². The normalized spacial score (nSPS) is 48.2. The van der Waals surface area contributed by atoms with Crippen molar-refractivity contribution in [2.24, 2.45) is 29.1 Å². The molecule has 6 aliphatic rings. The summed E-state index contributed by atoms with van der Waals surface area (Å²) in [4.78, 5) is 28.3. The lowest BCUT2D eigenvalue weighted by Gasteiger charge is -2.70. The number of para-hydroxylation sites is 1. The molecule has 230 valence electrons. The molecule has 5 saturated carbocycles. The number of amides is 1. The second-order valence-electron chi connectivity index (χ2n) is 13.7. The Kier molecular flexibility index (Phi) is 6.46. The average Bonchev–Trinajstić information content (AvgIpc) is 3.39.